The minimum Gasteiger partial charge on any atom is -0.223 e. The lowest BCUT2D eigenvalue weighted by atomic mass is 10.2. The van der Waals surface area contributed by atoms with Crippen molar-refractivity contribution < 1.29 is 13.2 Å². The maximum absolute atomic E-state index is 12.2. The Hall–Kier alpha value is 0.410. The molecule has 0 saturated carbocycles. The molecule has 1 aliphatic heterocycles. The van der Waals surface area contributed by atoms with Crippen molar-refractivity contribution in [3.63, 3.8) is 0 Å². The number of alkyl halides is 3. The number of hydrogen-bond acceptors (Lipinski definition) is 4. The van der Waals surface area contributed by atoms with Crippen LogP contribution in [0.15, 0.2) is 0 Å². The second-order valence-corrected chi connectivity index (χ2v) is 4.82. The second-order valence-electron chi connectivity index (χ2n) is 3.17. The lowest BCUT2D eigenvalue weighted by Gasteiger charge is -2.19. The van der Waals surface area contributed by atoms with Crippen LogP contribution in [0.4, 0.5) is 13.2 Å². The van der Waals surface area contributed by atoms with Gasteiger partial charge in [-0.2, -0.15) is 17.6 Å². The van der Waals surface area contributed by atoms with Gasteiger partial charge in [-0.05, 0) is 5.92 Å². The van der Waals surface area contributed by atoms with Crippen LogP contribution in [0, 0.1) is 5.92 Å². The number of halogens is 3. The van der Waals surface area contributed by atoms with Crippen LogP contribution in [0.1, 0.15) is 13.8 Å². The summed E-state index contributed by atoms with van der Waals surface area (Å²) in [5.74, 6) is 0.127. The van der Waals surface area contributed by atoms with Gasteiger partial charge in [0.1, 0.15) is 0 Å². The van der Waals surface area contributed by atoms with Crippen LogP contribution < -0.4 is 5.43 Å². The van der Waals surface area contributed by atoms with E-state index in [1.807, 2.05) is 13.8 Å². The van der Waals surface area contributed by atoms with Gasteiger partial charge in [0.25, 0.3) is 0 Å². The monoisotopic (exact) mass is 232 g/mol. The van der Waals surface area contributed by atoms with E-state index in [4.69, 9.17) is 0 Å². The Labute approximate surface area is 84.7 Å². The van der Waals surface area contributed by atoms with Crippen LogP contribution in [0.3, 0.4) is 0 Å². The van der Waals surface area contributed by atoms with Crippen molar-refractivity contribution in [2.45, 2.75) is 30.8 Å². The fraction of sp³-hybridized carbons (Fsp3) is 1.00. The Kier molecular flexibility index (Phi) is 3.43. The normalized spacial score (nSPS) is 31.6. The summed E-state index contributed by atoms with van der Waals surface area (Å²) in [6, 6.07) is 0. The number of nitrogens with zero attached hydrogens (tertiary/aromatic N) is 1. The van der Waals surface area contributed by atoms with Gasteiger partial charge in [0.2, 0.25) is 0 Å². The lowest BCUT2D eigenvalue weighted by molar-refractivity contribution is -0.137. The van der Waals surface area contributed by atoms with Crippen molar-refractivity contribution in [2.75, 3.05) is 0 Å². The van der Waals surface area contributed by atoms with E-state index in [0.717, 1.165) is 11.8 Å². The lowest BCUT2D eigenvalue weighted by Crippen LogP contribution is -2.40. The zero-order valence-corrected chi connectivity index (χ0v) is 8.88. The molecule has 0 aliphatic carbocycles. The minimum atomic E-state index is -4.21. The van der Waals surface area contributed by atoms with Crippen LogP contribution in [-0.4, -0.2) is 21.3 Å². The third-order valence-corrected chi connectivity index (χ3v) is 3.83. The average Bonchev–Trinajstić information content (AvgIpc) is 2.29. The van der Waals surface area contributed by atoms with Gasteiger partial charge in [0, 0.05) is 0 Å². The maximum atomic E-state index is 12.2. The standard InChI is InChI=1S/C6H11F3N2S2/c1-3(2)4-11(12)10-5(13-4)6(7,8)9/h3-5,10,12H,1-2H3. The van der Waals surface area contributed by atoms with Gasteiger partial charge in [-0.1, -0.05) is 26.7 Å². The number of hydrazine groups is 1. The van der Waals surface area contributed by atoms with E-state index in [0.29, 0.717) is 0 Å². The molecule has 0 bridgehead atoms. The largest absolute Gasteiger partial charge is 0.414 e. The summed E-state index contributed by atoms with van der Waals surface area (Å²) in [5.41, 5.74) is 2.26. The molecule has 0 spiro atoms. The van der Waals surface area contributed by atoms with E-state index in [1.165, 1.54) is 4.41 Å². The Morgan fingerprint density at radius 2 is 2.00 bits per heavy atom. The van der Waals surface area contributed by atoms with Gasteiger partial charge >= 0.3 is 6.18 Å². The number of rotatable bonds is 1. The van der Waals surface area contributed by atoms with E-state index < -0.39 is 11.6 Å². The maximum Gasteiger partial charge on any atom is 0.414 e. The van der Waals surface area contributed by atoms with Crippen LogP contribution in [-0.2, 0) is 0 Å². The SMILES string of the molecule is CC(C)C1SC(C(F)(F)F)NN1S. The Morgan fingerprint density at radius 3 is 2.23 bits per heavy atom. The smallest absolute Gasteiger partial charge is 0.223 e. The summed E-state index contributed by atoms with van der Waals surface area (Å²) in [7, 11) is 0. The molecule has 0 radical (unpaired) electrons. The molecule has 0 amide bonds. The van der Waals surface area contributed by atoms with Crippen molar-refractivity contribution >= 4 is 24.6 Å². The zero-order valence-electron chi connectivity index (χ0n) is 7.17. The molecule has 0 aromatic heterocycles. The first-order valence-electron chi connectivity index (χ1n) is 3.79. The highest BCUT2D eigenvalue weighted by Crippen LogP contribution is 2.40. The number of nitrogens with one attached hydrogen (secondary N) is 1. The molecule has 1 rings (SSSR count). The first-order chi connectivity index (χ1) is 5.82. The summed E-state index contributed by atoms with van der Waals surface area (Å²) < 4.78 is 37.9. The van der Waals surface area contributed by atoms with Gasteiger partial charge < -0.3 is 0 Å². The zero-order chi connectivity index (χ0) is 10.2. The molecule has 2 nitrogen and oxygen atoms in total. The highest BCUT2D eigenvalue weighted by atomic mass is 32.2. The van der Waals surface area contributed by atoms with Crippen molar-refractivity contribution in [2.24, 2.45) is 5.92 Å². The third-order valence-electron chi connectivity index (χ3n) is 1.63. The van der Waals surface area contributed by atoms with Gasteiger partial charge in [0.15, 0.2) is 5.37 Å². The van der Waals surface area contributed by atoms with Crippen molar-refractivity contribution in [1.29, 1.82) is 0 Å². The molecule has 1 aliphatic rings. The summed E-state index contributed by atoms with van der Waals surface area (Å²) >= 11 is 4.77. The summed E-state index contributed by atoms with van der Waals surface area (Å²) in [5, 5.41) is -1.77. The Bertz CT molecular complexity index is 185. The first-order valence-corrected chi connectivity index (χ1v) is 5.13. The van der Waals surface area contributed by atoms with E-state index in [2.05, 4.69) is 18.2 Å². The van der Waals surface area contributed by atoms with Gasteiger partial charge in [0.05, 0.1) is 5.37 Å². The minimum absolute atomic E-state index is 0.127. The predicted molar refractivity (Wildman–Crippen MR) is 50.0 cm³/mol. The molecule has 7 heteroatoms. The highest BCUT2D eigenvalue weighted by Gasteiger charge is 2.48. The summed E-state index contributed by atoms with van der Waals surface area (Å²) in [6.45, 7) is 3.72. The van der Waals surface area contributed by atoms with Crippen LogP contribution in [0.5, 0.6) is 0 Å². The number of hydrogen-bond donors (Lipinski definition) is 2. The van der Waals surface area contributed by atoms with Crippen LogP contribution in [0.2, 0.25) is 0 Å². The van der Waals surface area contributed by atoms with Crippen molar-refractivity contribution in [3.05, 3.63) is 0 Å². The Balaban J connectivity index is 2.60. The molecular formula is C6H11F3N2S2. The number of thiol groups is 1. The van der Waals surface area contributed by atoms with Crippen molar-refractivity contribution in [3.8, 4) is 0 Å². The molecule has 78 valence electrons. The van der Waals surface area contributed by atoms with E-state index in [1.54, 1.807) is 0 Å². The Morgan fingerprint density at radius 1 is 1.46 bits per heavy atom. The first kappa shape index (κ1) is 11.5. The summed E-state index contributed by atoms with van der Waals surface area (Å²) in [4.78, 5) is 0. The fourth-order valence-corrected chi connectivity index (χ4v) is 2.73. The average molecular weight is 232 g/mol. The van der Waals surface area contributed by atoms with Gasteiger partial charge in [-0.15, -0.1) is 11.8 Å². The van der Waals surface area contributed by atoms with E-state index >= 15 is 0 Å². The molecule has 1 N–H and O–H groups in total. The van der Waals surface area contributed by atoms with E-state index in [-0.39, 0.29) is 11.3 Å². The van der Waals surface area contributed by atoms with Gasteiger partial charge in [-0.25, -0.2) is 5.43 Å². The van der Waals surface area contributed by atoms with Crippen LogP contribution in [0.25, 0.3) is 0 Å². The molecule has 13 heavy (non-hydrogen) atoms. The molecule has 0 aromatic carbocycles. The second kappa shape index (κ2) is 3.88. The molecule has 1 fully saturated rings. The molecule has 2 unspecified atom stereocenters. The van der Waals surface area contributed by atoms with Gasteiger partial charge in [-0.3, -0.25) is 0 Å². The molecular weight excluding hydrogens is 221 g/mol. The van der Waals surface area contributed by atoms with E-state index in [9.17, 15) is 13.2 Å². The molecule has 1 heterocycles. The third kappa shape index (κ3) is 2.68. The van der Waals surface area contributed by atoms with Crippen LogP contribution >= 0.6 is 24.6 Å². The van der Waals surface area contributed by atoms with Crippen molar-refractivity contribution in [1.82, 2.24) is 9.84 Å². The summed E-state index contributed by atoms with van der Waals surface area (Å²) in [6.07, 6.45) is -4.21. The molecule has 2 atom stereocenters. The highest BCUT2D eigenvalue weighted by molar-refractivity contribution is 8.01. The number of thioether (sulfide) groups is 1. The molecule has 1 saturated heterocycles. The fourth-order valence-electron chi connectivity index (χ4n) is 1.01. The topological polar surface area (TPSA) is 15.3 Å². The molecule has 0 aromatic rings. The predicted octanol–water partition coefficient (Wildman–Crippen LogP) is 2.26. The quantitative estimate of drug-likeness (QED) is 0.675.